The number of rotatable bonds is 6. The molecule has 0 aromatic heterocycles. The van der Waals surface area contributed by atoms with Gasteiger partial charge in [-0.2, -0.15) is 12.7 Å². The Bertz CT molecular complexity index is 366. The van der Waals surface area contributed by atoms with Crippen LogP contribution in [0.2, 0.25) is 0 Å². The number of likely N-dealkylation sites (N-methyl/N-ethyl adjacent to an activating group) is 1. The van der Waals surface area contributed by atoms with Crippen molar-refractivity contribution in [1.82, 2.24) is 9.03 Å². The lowest BCUT2D eigenvalue weighted by atomic mass is 10.2. The number of hydrogen-bond acceptors (Lipinski definition) is 5. The predicted molar refractivity (Wildman–Crippen MR) is 62.4 cm³/mol. The molecule has 1 aliphatic rings. The fourth-order valence-electron chi connectivity index (χ4n) is 1.63. The maximum absolute atomic E-state index is 11.8. The summed E-state index contributed by atoms with van der Waals surface area (Å²) in [6.07, 6.45) is 0.980. The van der Waals surface area contributed by atoms with E-state index >= 15 is 0 Å². The van der Waals surface area contributed by atoms with Gasteiger partial charge in [0.25, 0.3) is 0 Å². The number of nitrogens with zero attached hydrogens (tertiary/aromatic N) is 1. The number of carbonyl (C=O) groups excluding carboxylic acids is 1. The van der Waals surface area contributed by atoms with E-state index in [1.807, 2.05) is 4.72 Å². The zero-order valence-corrected chi connectivity index (χ0v) is 10.9. The third-order valence-corrected chi connectivity index (χ3v) is 4.20. The fraction of sp³-hybridized carbons (Fsp3) is 0.889. The van der Waals surface area contributed by atoms with Crippen molar-refractivity contribution < 1.29 is 17.9 Å². The Morgan fingerprint density at radius 2 is 2.18 bits per heavy atom. The lowest BCUT2D eigenvalue weighted by Crippen LogP contribution is -2.49. The summed E-state index contributed by atoms with van der Waals surface area (Å²) in [5, 5.41) is 0. The standard InChI is InChI=1S/C9H19N3O4S/c1-3-16-9(13)11-17(14,15)12(2)8(6-10)7-4-5-7/h7-8H,3-6,10H2,1-2H3,(H,11,13). The van der Waals surface area contributed by atoms with E-state index in [1.54, 1.807) is 6.92 Å². The minimum Gasteiger partial charge on any atom is -0.449 e. The molecule has 100 valence electrons. The lowest BCUT2D eigenvalue weighted by Gasteiger charge is -2.25. The smallest absolute Gasteiger partial charge is 0.421 e. The summed E-state index contributed by atoms with van der Waals surface area (Å²) < 4.78 is 31.1. The molecule has 8 heteroatoms. The van der Waals surface area contributed by atoms with Crippen molar-refractivity contribution in [2.45, 2.75) is 25.8 Å². The molecule has 1 fully saturated rings. The third-order valence-electron chi connectivity index (χ3n) is 2.74. The van der Waals surface area contributed by atoms with Crippen LogP contribution in [0.5, 0.6) is 0 Å². The second-order valence-electron chi connectivity index (χ2n) is 3.98. The Hall–Kier alpha value is -0.860. The van der Waals surface area contributed by atoms with E-state index in [0.717, 1.165) is 17.1 Å². The van der Waals surface area contributed by atoms with Crippen LogP contribution in [0.15, 0.2) is 0 Å². The van der Waals surface area contributed by atoms with Gasteiger partial charge in [-0.25, -0.2) is 9.52 Å². The van der Waals surface area contributed by atoms with Crippen LogP contribution < -0.4 is 10.5 Å². The van der Waals surface area contributed by atoms with Crippen molar-refractivity contribution >= 4 is 16.3 Å². The molecule has 1 saturated carbocycles. The second-order valence-corrected chi connectivity index (χ2v) is 5.71. The minimum atomic E-state index is -3.87. The molecule has 17 heavy (non-hydrogen) atoms. The van der Waals surface area contributed by atoms with Gasteiger partial charge in [-0.15, -0.1) is 0 Å². The highest BCUT2D eigenvalue weighted by atomic mass is 32.2. The third kappa shape index (κ3) is 3.83. The minimum absolute atomic E-state index is 0.119. The quantitative estimate of drug-likeness (QED) is 0.683. The number of nitrogens with two attached hydrogens (primary N) is 1. The van der Waals surface area contributed by atoms with Crippen LogP contribution in [0.1, 0.15) is 19.8 Å². The number of ether oxygens (including phenoxy) is 1. The topological polar surface area (TPSA) is 102 Å². The maximum atomic E-state index is 11.8. The first-order valence-electron chi connectivity index (χ1n) is 5.55. The van der Waals surface area contributed by atoms with Crippen molar-refractivity contribution in [2.75, 3.05) is 20.2 Å². The average molecular weight is 265 g/mol. The molecule has 1 atom stereocenters. The summed E-state index contributed by atoms with van der Waals surface area (Å²) >= 11 is 0. The maximum Gasteiger partial charge on any atom is 0.421 e. The van der Waals surface area contributed by atoms with Crippen LogP contribution >= 0.6 is 0 Å². The SMILES string of the molecule is CCOC(=O)NS(=O)(=O)N(C)C(CN)C1CC1. The molecule has 7 nitrogen and oxygen atoms in total. The van der Waals surface area contributed by atoms with E-state index in [4.69, 9.17) is 5.73 Å². The summed E-state index contributed by atoms with van der Waals surface area (Å²) in [7, 11) is -2.46. The molecule has 0 saturated heterocycles. The number of nitrogens with one attached hydrogen (secondary N) is 1. The van der Waals surface area contributed by atoms with Gasteiger partial charge < -0.3 is 10.5 Å². The van der Waals surface area contributed by atoms with Crippen molar-refractivity contribution in [3.63, 3.8) is 0 Å². The molecule has 0 bridgehead atoms. The van der Waals surface area contributed by atoms with Gasteiger partial charge in [0, 0.05) is 19.6 Å². The van der Waals surface area contributed by atoms with E-state index in [-0.39, 0.29) is 19.2 Å². The Balaban J connectivity index is 2.64. The molecule has 1 amide bonds. The highest BCUT2D eigenvalue weighted by Gasteiger charge is 2.38. The molecule has 0 spiro atoms. The van der Waals surface area contributed by atoms with Gasteiger partial charge in [0.1, 0.15) is 0 Å². The van der Waals surface area contributed by atoms with Gasteiger partial charge in [0.05, 0.1) is 6.61 Å². The number of hydrogen-bond donors (Lipinski definition) is 2. The lowest BCUT2D eigenvalue weighted by molar-refractivity contribution is 0.157. The number of amides is 1. The zero-order valence-electron chi connectivity index (χ0n) is 10.0. The molecule has 1 aliphatic carbocycles. The highest BCUT2D eigenvalue weighted by Crippen LogP contribution is 2.35. The summed E-state index contributed by atoms with van der Waals surface area (Å²) in [5.41, 5.74) is 5.55. The molecular weight excluding hydrogens is 246 g/mol. The monoisotopic (exact) mass is 265 g/mol. The van der Waals surface area contributed by atoms with Crippen molar-refractivity contribution in [1.29, 1.82) is 0 Å². The molecule has 3 N–H and O–H groups in total. The summed E-state index contributed by atoms with van der Waals surface area (Å²) in [5.74, 6) is 0.295. The van der Waals surface area contributed by atoms with Crippen molar-refractivity contribution in [3.8, 4) is 0 Å². The van der Waals surface area contributed by atoms with E-state index in [0.29, 0.717) is 5.92 Å². The first kappa shape index (κ1) is 14.2. The Kier molecular flexibility index (Phi) is 4.72. The molecule has 0 aromatic rings. The first-order chi connectivity index (χ1) is 7.92. The Morgan fingerprint density at radius 3 is 2.59 bits per heavy atom. The van der Waals surface area contributed by atoms with E-state index < -0.39 is 16.3 Å². The van der Waals surface area contributed by atoms with Gasteiger partial charge in [0.2, 0.25) is 0 Å². The highest BCUT2D eigenvalue weighted by molar-refractivity contribution is 7.87. The van der Waals surface area contributed by atoms with Crippen LogP contribution in [-0.4, -0.2) is 45.1 Å². The average Bonchev–Trinajstić information content (AvgIpc) is 3.02. The molecule has 1 rings (SSSR count). The molecule has 0 aromatic carbocycles. The van der Waals surface area contributed by atoms with Gasteiger partial charge in [-0.3, -0.25) is 0 Å². The second kappa shape index (κ2) is 5.65. The first-order valence-corrected chi connectivity index (χ1v) is 6.99. The fourth-order valence-corrected chi connectivity index (χ4v) is 2.66. The summed E-state index contributed by atoms with van der Waals surface area (Å²) in [6, 6.07) is -0.262. The van der Waals surface area contributed by atoms with Gasteiger partial charge in [-0.05, 0) is 25.7 Å². The number of carbonyl (C=O) groups is 1. The molecular formula is C9H19N3O4S. The van der Waals surface area contributed by atoms with E-state index in [1.165, 1.54) is 7.05 Å². The molecule has 1 unspecified atom stereocenters. The van der Waals surface area contributed by atoms with Crippen LogP contribution in [0.4, 0.5) is 4.79 Å². The van der Waals surface area contributed by atoms with Gasteiger partial charge in [0.15, 0.2) is 0 Å². The van der Waals surface area contributed by atoms with Crippen LogP contribution in [0.25, 0.3) is 0 Å². The van der Waals surface area contributed by atoms with Crippen molar-refractivity contribution in [2.24, 2.45) is 11.7 Å². The molecule has 0 aliphatic heterocycles. The zero-order chi connectivity index (χ0) is 13.1. The summed E-state index contributed by atoms with van der Waals surface area (Å²) in [4.78, 5) is 11.1. The van der Waals surface area contributed by atoms with Crippen LogP contribution in [0.3, 0.4) is 0 Å². The largest absolute Gasteiger partial charge is 0.449 e. The van der Waals surface area contributed by atoms with E-state index in [9.17, 15) is 13.2 Å². The Morgan fingerprint density at radius 1 is 1.59 bits per heavy atom. The van der Waals surface area contributed by atoms with Gasteiger partial charge >= 0.3 is 16.3 Å². The van der Waals surface area contributed by atoms with Gasteiger partial charge in [-0.1, -0.05) is 0 Å². The van der Waals surface area contributed by atoms with Crippen LogP contribution in [-0.2, 0) is 14.9 Å². The normalized spacial score (nSPS) is 17.9. The van der Waals surface area contributed by atoms with E-state index in [2.05, 4.69) is 4.74 Å². The Labute approximate surface area is 101 Å². The van der Waals surface area contributed by atoms with Crippen LogP contribution in [0, 0.1) is 5.92 Å². The summed E-state index contributed by atoms with van der Waals surface area (Å²) in [6.45, 7) is 1.96. The molecule has 0 heterocycles. The predicted octanol–water partition coefficient (Wildman–Crippen LogP) is -0.354. The van der Waals surface area contributed by atoms with Crippen molar-refractivity contribution in [3.05, 3.63) is 0 Å². The molecule has 0 radical (unpaired) electrons.